The second-order valence-electron chi connectivity index (χ2n) is 4.01. The Morgan fingerprint density at radius 2 is 2.22 bits per heavy atom. The van der Waals surface area contributed by atoms with E-state index < -0.39 is 0 Å². The zero-order chi connectivity index (χ0) is 13.0. The summed E-state index contributed by atoms with van der Waals surface area (Å²) in [6.07, 6.45) is 4.16. The predicted molar refractivity (Wildman–Crippen MR) is 73.6 cm³/mol. The van der Waals surface area contributed by atoms with E-state index in [-0.39, 0.29) is 0 Å². The molecule has 18 heavy (non-hydrogen) atoms. The average molecular weight is 260 g/mol. The SMILES string of the molecule is CCn1ccc(CNc2ccc(Cl)c(C#N)c2)c1. The number of rotatable bonds is 4. The molecule has 0 aliphatic carbocycles. The van der Waals surface area contributed by atoms with Gasteiger partial charge >= 0.3 is 0 Å². The van der Waals surface area contributed by atoms with Gasteiger partial charge in [0.1, 0.15) is 6.07 Å². The fourth-order valence-corrected chi connectivity index (χ4v) is 1.88. The Hall–Kier alpha value is -1.92. The molecule has 0 radical (unpaired) electrons. The van der Waals surface area contributed by atoms with E-state index in [1.165, 1.54) is 5.56 Å². The summed E-state index contributed by atoms with van der Waals surface area (Å²) in [6, 6.07) is 9.53. The lowest BCUT2D eigenvalue weighted by atomic mass is 10.2. The van der Waals surface area contributed by atoms with Gasteiger partial charge < -0.3 is 9.88 Å². The Morgan fingerprint density at radius 1 is 1.39 bits per heavy atom. The van der Waals surface area contributed by atoms with E-state index in [0.29, 0.717) is 10.6 Å². The fraction of sp³-hybridized carbons (Fsp3) is 0.214. The van der Waals surface area contributed by atoms with Crippen LogP contribution in [0.25, 0.3) is 0 Å². The lowest BCUT2D eigenvalue weighted by Gasteiger charge is -2.06. The predicted octanol–water partition coefficient (Wildman–Crippen LogP) is 3.65. The van der Waals surface area contributed by atoms with Crippen molar-refractivity contribution >= 4 is 17.3 Å². The Labute approximate surface area is 112 Å². The van der Waals surface area contributed by atoms with Gasteiger partial charge in [-0.05, 0) is 36.8 Å². The first-order valence-electron chi connectivity index (χ1n) is 5.81. The molecular weight excluding hydrogens is 246 g/mol. The summed E-state index contributed by atoms with van der Waals surface area (Å²) in [5.74, 6) is 0. The summed E-state index contributed by atoms with van der Waals surface area (Å²) in [5.41, 5.74) is 2.61. The molecule has 0 spiro atoms. The van der Waals surface area contributed by atoms with Crippen molar-refractivity contribution in [2.45, 2.75) is 20.0 Å². The Balaban J connectivity index is 2.04. The number of hydrogen-bond acceptors (Lipinski definition) is 2. The van der Waals surface area contributed by atoms with E-state index >= 15 is 0 Å². The highest BCUT2D eigenvalue weighted by atomic mass is 35.5. The van der Waals surface area contributed by atoms with Gasteiger partial charge in [-0.3, -0.25) is 0 Å². The molecule has 0 aliphatic rings. The van der Waals surface area contributed by atoms with Crippen molar-refractivity contribution in [1.29, 1.82) is 5.26 Å². The van der Waals surface area contributed by atoms with Crippen LogP contribution in [0, 0.1) is 11.3 Å². The summed E-state index contributed by atoms with van der Waals surface area (Å²) in [7, 11) is 0. The topological polar surface area (TPSA) is 40.8 Å². The number of aromatic nitrogens is 1. The van der Waals surface area contributed by atoms with E-state index in [9.17, 15) is 0 Å². The lowest BCUT2D eigenvalue weighted by Crippen LogP contribution is -1.99. The molecule has 0 bridgehead atoms. The average Bonchev–Trinajstić information content (AvgIpc) is 2.86. The number of aryl methyl sites for hydroxylation is 1. The molecule has 0 unspecified atom stereocenters. The molecule has 1 aromatic heterocycles. The van der Waals surface area contributed by atoms with Crippen molar-refractivity contribution in [2.24, 2.45) is 0 Å². The van der Waals surface area contributed by atoms with E-state index in [1.54, 1.807) is 12.1 Å². The summed E-state index contributed by atoms with van der Waals surface area (Å²) >= 11 is 5.88. The third-order valence-electron chi connectivity index (χ3n) is 2.76. The normalized spacial score (nSPS) is 10.1. The van der Waals surface area contributed by atoms with Crippen LogP contribution in [0.2, 0.25) is 5.02 Å². The molecule has 1 heterocycles. The number of nitrogens with one attached hydrogen (secondary N) is 1. The van der Waals surface area contributed by atoms with Gasteiger partial charge in [-0.25, -0.2) is 0 Å². The summed E-state index contributed by atoms with van der Waals surface area (Å²) in [6.45, 7) is 3.81. The molecule has 3 nitrogen and oxygen atoms in total. The van der Waals surface area contributed by atoms with Crippen LogP contribution >= 0.6 is 11.6 Å². The molecule has 0 saturated heterocycles. The minimum atomic E-state index is 0.486. The van der Waals surface area contributed by atoms with Crippen LogP contribution in [0.1, 0.15) is 18.1 Å². The molecule has 1 N–H and O–H groups in total. The first-order chi connectivity index (χ1) is 8.72. The van der Waals surface area contributed by atoms with Gasteiger partial charge in [0.15, 0.2) is 0 Å². The highest BCUT2D eigenvalue weighted by Gasteiger charge is 2.01. The van der Waals surface area contributed by atoms with E-state index in [4.69, 9.17) is 16.9 Å². The van der Waals surface area contributed by atoms with Crippen LogP contribution in [0.15, 0.2) is 36.7 Å². The second-order valence-corrected chi connectivity index (χ2v) is 4.42. The number of anilines is 1. The number of halogens is 1. The van der Waals surface area contributed by atoms with Gasteiger partial charge in [0.2, 0.25) is 0 Å². The van der Waals surface area contributed by atoms with Gasteiger partial charge in [0, 0.05) is 31.2 Å². The van der Waals surface area contributed by atoms with Gasteiger partial charge in [-0.2, -0.15) is 5.26 Å². The molecule has 0 saturated carbocycles. The third kappa shape index (κ3) is 2.85. The van der Waals surface area contributed by atoms with E-state index in [0.717, 1.165) is 18.8 Å². The zero-order valence-corrected chi connectivity index (χ0v) is 10.9. The summed E-state index contributed by atoms with van der Waals surface area (Å²) in [5, 5.41) is 12.7. The Kier molecular flexibility index (Phi) is 3.91. The summed E-state index contributed by atoms with van der Waals surface area (Å²) < 4.78 is 2.12. The van der Waals surface area contributed by atoms with Gasteiger partial charge in [0.25, 0.3) is 0 Å². The van der Waals surface area contributed by atoms with Crippen LogP contribution in [0.4, 0.5) is 5.69 Å². The summed E-state index contributed by atoms with van der Waals surface area (Å²) in [4.78, 5) is 0. The lowest BCUT2D eigenvalue weighted by molar-refractivity contribution is 0.766. The van der Waals surface area contributed by atoms with Gasteiger partial charge in [-0.15, -0.1) is 0 Å². The smallest absolute Gasteiger partial charge is 0.101 e. The number of nitrogens with zero attached hydrogens (tertiary/aromatic N) is 2. The maximum atomic E-state index is 8.90. The van der Waals surface area contributed by atoms with E-state index in [2.05, 4.69) is 41.3 Å². The number of nitriles is 1. The van der Waals surface area contributed by atoms with Crippen molar-refractivity contribution in [3.8, 4) is 6.07 Å². The highest BCUT2D eigenvalue weighted by molar-refractivity contribution is 6.31. The molecule has 0 aliphatic heterocycles. The first-order valence-corrected chi connectivity index (χ1v) is 6.19. The fourth-order valence-electron chi connectivity index (χ4n) is 1.72. The minimum absolute atomic E-state index is 0.486. The third-order valence-corrected chi connectivity index (χ3v) is 3.09. The van der Waals surface area contributed by atoms with E-state index in [1.807, 2.05) is 6.07 Å². The van der Waals surface area contributed by atoms with Crippen LogP contribution in [-0.2, 0) is 13.1 Å². The first kappa shape index (κ1) is 12.5. The molecule has 2 rings (SSSR count). The van der Waals surface area contributed by atoms with Crippen molar-refractivity contribution in [3.63, 3.8) is 0 Å². The molecule has 0 amide bonds. The van der Waals surface area contributed by atoms with Crippen LogP contribution in [0.3, 0.4) is 0 Å². The molecule has 92 valence electrons. The standard InChI is InChI=1S/C14H14ClN3/c1-2-18-6-5-11(10-18)9-17-13-3-4-14(15)12(7-13)8-16/h3-7,10,17H,2,9H2,1H3. The largest absolute Gasteiger partial charge is 0.381 e. The minimum Gasteiger partial charge on any atom is -0.381 e. The quantitative estimate of drug-likeness (QED) is 0.911. The molecular formula is C14H14ClN3. The maximum absolute atomic E-state index is 8.90. The molecule has 1 aromatic carbocycles. The Morgan fingerprint density at radius 3 is 2.89 bits per heavy atom. The number of hydrogen-bond donors (Lipinski definition) is 1. The van der Waals surface area contributed by atoms with Gasteiger partial charge in [0.05, 0.1) is 10.6 Å². The molecule has 0 atom stereocenters. The van der Waals surface area contributed by atoms with Gasteiger partial charge in [-0.1, -0.05) is 11.6 Å². The highest BCUT2D eigenvalue weighted by Crippen LogP contribution is 2.20. The zero-order valence-electron chi connectivity index (χ0n) is 10.2. The van der Waals surface area contributed by atoms with Crippen LogP contribution in [0.5, 0.6) is 0 Å². The molecule has 2 aromatic rings. The van der Waals surface area contributed by atoms with Crippen LogP contribution in [-0.4, -0.2) is 4.57 Å². The monoisotopic (exact) mass is 259 g/mol. The Bertz CT molecular complexity index is 581. The van der Waals surface area contributed by atoms with Crippen molar-refractivity contribution in [1.82, 2.24) is 4.57 Å². The number of benzene rings is 1. The van der Waals surface area contributed by atoms with Crippen molar-refractivity contribution < 1.29 is 0 Å². The maximum Gasteiger partial charge on any atom is 0.101 e. The van der Waals surface area contributed by atoms with Crippen LogP contribution < -0.4 is 5.32 Å². The second kappa shape index (κ2) is 5.61. The molecule has 0 fully saturated rings. The van der Waals surface area contributed by atoms with Crippen molar-refractivity contribution in [3.05, 3.63) is 52.8 Å². The van der Waals surface area contributed by atoms with Crippen molar-refractivity contribution in [2.75, 3.05) is 5.32 Å². The molecule has 4 heteroatoms.